The van der Waals surface area contributed by atoms with Gasteiger partial charge in [-0.2, -0.15) is 0 Å². The van der Waals surface area contributed by atoms with Crippen molar-refractivity contribution in [2.75, 3.05) is 0 Å². The van der Waals surface area contributed by atoms with Crippen LogP contribution in [-0.2, 0) is 6.42 Å². The van der Waals surface area contributed by atoms with E-state index in [4.69, 9.17) is 5.73 Å². The number of hydrogen-bond acceptors (Lipinski definition) is 2. The highest BCUT2D eigenvalue weighted by atomic mass is 14.9. The predicted molar refractivity (Wildman–Crippen MR) is 53.3 cm³/mol. The molecule has 1 aliphatic carbocycles. The predicted octanol–water partition coefficient (Wildman–Crippen LogP) is 1.75. The SMILES string of the molecule is CCC1CC1(N)Cc1ccccn1. The van der Waals surface area contributed by atoms with E-state index in [1.165, 1.54) is 12.8 Å². The van der Waals surface area contributed by atoms with Gasteiger partial charge in [-0.05, 0) is 24.5 Å². The van der Waals surface area contributed by atoms with Crippen molar-refractivity contribution in [2.45, 2.75) is 31.7 Å². The fraction of sp³-hybridized carbons (Fsp3) is 0.545. The standard InChI is InChI=1S/C11H16N2/c1-2-9-7-11(9,12)8-10-5-3-4-6-13-10/h3-6,9H,2,7-8,12H2,1H3. The van der Waals surface area contributed by atoms with Crippen molar-refractivity contribution in [2.24, 2.45) is 11.7 Å². The molecule has 0 spiro atoms. The van der Waals surface area contributed by atoms with Crippen LogP contribution in [0, 0.1) is 5.92 Å². The van der Waals surface area contributed by atoms with E-state index in [1.54, 1.807) is 0 Å². The van der Waals surface area contributed by atoms with Gasteiger partial charge in [-0.25, -0.2) is 0 Å². The zero-order chi connectivity index (χ0) is 9.31. The van der Waals surface area contributed by atoms with Gasteiger partial charge in [0.25, 0.3) is 0 Å². The summed E-state index contributed by atoms with van der Waals surface area (Å²) >= 11 is 0. The second-order valence-electron chi connectivity index (χ2n) is 4.04. The molecule has 1 aromatic heterocycles. The molecule has 0 aliphatic heterocycles. The topological polar surface area (TPSA) is 38.9 Å². The van der Waals surface area contributed by atoms with E-state index >= 15 is 0 Å². The number of nitrogens with two attached hydrogens (primary N) is 1. The van der Waals surface area contributed by atoms with Gasteiger partial charge in [-0.1, -0.05) is 19.4 Å². The van der Waals surface area contributed by atoms with Crippen LogP contribution in [0.1, 0.15) is 25.5 Å². The Morgan fingerprint density at radius 3 is 3.00 bits per heavy atom. The van der Waals surface area contributed by atoms with E-state index in [0.717, 1.165) is 18.0 Å². The van der Waals surface area contributed by atoms with Crippen molar-refractivity contribution in [3.8, 4) is 0 Å². The average molecular weight is 176 g/mol. The molecule has 0 amide bonds. The van der Waals surface area contributed by atoms with E-state index in [0.29, 0.717) is 0 Å². The van der Waals surface area contributed by atoms with Crippen LogP contribution in [0.25, 0.3) is 0 Å². The lowest BCUT2D eigenvalue weighted by Gasteiger charge is -2.09. The molecular formula is C11H16N2. The van der Waals surface area contributed by atoms with E-state index in [-0.39, 0.29) is 5.54 Å². The zero-order valence-electron chi connectivity index (χ0n) is 8.03. The second kappa shape index (κ2) is 3.11. The summed E-state index contributed by atoms with van der Waals surface area (Å²) in [6.45, 7) is 2.21. The minimum atomic E-state index is 0.0586. The van der Waals surface area contributed by atoms with Crippen molar-refractivity contribution in [3.05, 3.63) is 30.1 Å². The van der Waals surface area contributed by atoms with Crippen LogP contribution in [0.3, 0.4) is 0 Å². The lowest BCUT2D eigenvalue weighted by molar-refractivity contribution is 0.572. The molecule has 1 heterocycles. The lowest BCUT2D eigenvalue weighted by Crippen LogP contribution is -2.28. The molecule has 0 aromatic carbocycles. The smallest absolute Gasteiger partial charge is 0.0422 e. The maximum atomic E-state index is 6.19. The summed E-state index contributed by atoms with van der Waals surface area (Å²) in [5.74, 6) is 0.717. The highest BCUT2D eigenvalue weighted by Crippen LogP contribution is 2.45. The molecule has 0 bridgehead atoms. The largest absolute Gasteiger partial charge is 0.324 e. The maximum Gasteiger partial charge on any atom is 0.0422 e. The van der Waals surface area contributed by atoms with Gasteiger partial charge in [-0.3, -0.25) is 4.98 Å². The number of aromatic nitrogens is 1. The molecule has 2 heteroatoms. The lowest BCUT2D eigenvalue weighted by atomic mass is 10.1. The van der Waals surface area contributed by atoms with Gasteiger partial charge in [0, 0.05) is 23.9 Å². The number of nitrogens with zero attached hydrogens (tertiary/aromatic N) is 1. The molecule has 1 saturated carbocycles. The fourth-order valence-corrected chi connectivity index (χ4v) is 2.01. The third kappa shape index (κ3) is 1.73. The first-order valence-corrected chi connectivity index (χ1v) is 4.93. The van der Waals surface area contributed by atoms with Crippen molar-refractivity contribution in [1.29, 1.82) is 0 Å². The number of pyridine rings is 1. The van der Waals surface area contributed by atoms with Gasteiger partial charge in [0.05, 0.1) is 0 Å². The molecule has 1 fully saturated rings. The molecule has 2 unspecified atom stereocenters. The van der Waals surface area contributed by atoms with Crippen LogP contribution in [-0.4, -0.2) is 10.5 Å². The van der Waals surface area contributed by atoms with Crippen molar-refractivity contribution in [1.82, 2.24) is 4.98 Å². The van der Waals surface area contributed by atoms with Gasteiger partial charge < -0.3 is 5.73 Å². The molecule has 2 atom stereocenters. The summed E-state index contributed by atoms with van der Waals surface area (Å²) < 4.78 is 0. The summed E-state index contributed by atoms with van der Waals surface area (Å²) in [5, 5.41) is 0. The molecule has 0 saturated heterocycles. The molecule has 2 N–H and O–H groups in total. The third-order valence-electron chi connectivity index (χ3n) is 3.01. The molecule has 2 nitrogen and oxygen atoms in total. The van der Waals surface area contributed by atoms with Crippen molar-refractivity contribution < 1.29 is 0 Å². The summed E-state index contributed by atoms with van der Waals surface area (Å²) in [4.78, 5) is 4.29. The second-order valence-corrected chi connectivity index (χ2v) is 4.04. The van der Waals surface area contributed by atoms with Crippen molar-refractivity contribution in [3.63, 3.8) is 0 Å². The minimum Gasteiger partial charge on any atom is -0.324 e. The third-order valence-corrected chi connectivity index (χ3v) is 3.01. The summed E-state index contributed by atoms with van der Waals surface area (Å²) in [7, 11) is 0. The molecule has 0 radical (unpaired) electrons. The van der Waals surface area contributed by atoms with Crippen LogP contribution >= 0.6 is 0 Å². The van der Waals surface area contributed by atoms with Crippen molar-refractivity contribution >= 4 is 0 Å². The van der Waals surface area contributed by atoms with Gasteiger partial charge in [0.1, 0.15) is 0 Å². The van der Waals surface area contributed by atoms with Gasteiger partial charge in [-0.15, -0.1) is 0 Å². The first-order chi connectivity index (χ1) is 6.24. The van der Waals surface area contributed by atoms with E-state index < -0.39 is 0 Å². The van der Waals surface area contributed by atoms with Crippen LogP contribution in [0.5, 0.6) is 0 Å². The maximum absolute atomic E-state index is 6.19. The van der Waals surface area contributed by atoms with E-state index in [2.05, 4.69) is 18.0 Å². The molecule has 70 valence electrons. The van der Waals surface area contributed by atoms with E-state index in [9.17, 15) is 0 Å². The van der Waals surface area contributed by atoms with Crippen LogP contribution in [0.15, 0.2) is 24.4 Å². The Labute approximate surface area is 79.2 Å². The Hall–Kier alpha value is -0.890. The van der Waals surface area contributed by atoms with Gasteiger partial charge in [0.15, 0.2) is 0 Å². The quantitative estimate of drug-likeness (QED) is 0.762. The van der Waals surface area contributed by atoms with Crippen LogP contribution in [0.4, 0.5) is 0 Å². The van der Waals surface area contributed by atoms with Crippen LogP contribution < -0.4 is 5.73 Å². The molecule has 1 aromatic rings. The first kappa shape index (κ1) is 8.70. The number of rotatable bonds is 3. The summed E-state index contributed by atoms with van der Waals surface area (Å²) in [6, 6.07) is 6.02. The molecule has 1 aliphatic rings. The molecule has 13 heavy (non-hydrogen) atoms. The highest BCUT2D eigenvalue weighted by molar-refractivity contribution is 5.16. The molecule has 2 rings (SSSR count). The Morgan fingerprint density at radius 2 is 2.46 bits per heavy atom. The zero-order valence-corrected chi connectivity index (χ0v) is 8.03. The normalized spacial score (nSPS) is 31.7. The van der Waals surface area contributed by atoms with Gasteiger partial charge in [0.2, 0.25) is 0 Å². The highest BCUT2D eigenvalue weighted by Gasteiger charge is 2.49. The Balaban J connectivity index is 2.00. The number of hydrogen-bond donors (Lipinski definition) is 1. The van der Waals surface area contributed by atoms with Gasteiger partial charge >= 0.3 is 0 Å². The minimum absolute atomic E-state index is 0.0586. The fourth-order valence-electron chi connectivity index (χ4n) is 2.01. The first-order valence-electron chi connectivity index (χ1n) is 4.93. The Morgan fingerprint density at radius 1 is 1.62 bits per heavy atom. The monoisotopic (exact) mass is 176 g/mol. The Bertz CT molecular complexity index is 283. The Kier molecular flexibility index (Phi) is 2.08. The molecular weight excluding hydrogens is 160 g/mol. The average Bonchev–Trinajstić information content (AvgIpc) is 2.78. The summed E-state index contributed by atoms with van der Waals surface area (Å²) in [5.41, 5.74) is 7.38. The van der Waals surface area contributed by atoms with Crippen LogP contribution in [0.2, 0.25) is 0 Å². The summed E-state index contributed by atoms with van der Waals surface area (Å²) in [6.07, 6.45) is 5.14. The van der Waals surface area contributed by atoms with E-state index in [1.807, 2.05) is 18.3 Å².